The number of allylic oxidation sites excluding steroid dienone is 1. The summed E-state index contributed by atoms with van der Waals surface area (Å²) in [7, 11) is 0. The molecule has 1 aromatic carbocycles. The van der Waals surface area contributed by atoms with E-state index >= 15 is 0 Å². The molecule has 8 heteroatoms. The molecule has 0 saturated carbocycles. The van der Waals surface area contributed by atoms with E-state index in [0.717, 1.165) is 62.2 Å². The van der Waals surface area contributed by atoms with Crippen LogP contribution in [0.5, 0.6) is 5.75 Å². The van der Waals surface area contributed by atoms with Crippen LogP contribution in [-0.4, -0.2) is 70.8 Å². The summed E-state index contributed by atoms with van der Waals surface area (Å²) in [4.78, 5) is 13.1. The van der Waals surface area contributed by atoms with Crippen molar-refractivity contribution in [2.75, 3.05) is 44.2 Å². The minimum absolute atomic E-state index is 0.116. The standard InChI is InChI=1S/C22H27N7O/c1-3-19(27-26-16(2)28-11-7-23-8-12-28)18-6-5-17(13-21(18)30)20-14-22(25-15-24-20)29-9-4-10-29/h3,5-6,13-15,23,30H,1,4,7-12H2,2H3/b26-16+,27-19+. The van der Waals surface area contributed by atoms with Crippen molar-refractivity contribution in [2.24, 2.45) is 10.2 Å². The van der Waals surface area contributed by atoms with Crippen LogP contribution in [0.15, 0.2) is 53.5 Å². The van der Waals surface area contributed by atoms with Crippen molar-refractivity contribution in [3.05, 3.63) is 48.8 Å². The Morgan fingerprint density at radius 3 is 2.60 bits per heavy atom. The van der Waals surface area contributed by atoms with Crippen molar-refractivity contribution in [2.45, 2.75) is 13.3 Å². The molecule has 0 atom stereocenters. The summed E-state index contributed by atoms with van der Waals surface area (Å²) >= 11 is 0. The first kappa shape index (κ1) is 20.0. The van der Waals surface area contributed by atoms with E-state index in [0.29, 0.717) is 11.3 Å². The third-order valence-electron chi connectivity index (χ3n) is 5.47. The maximum Gasteiger partial charge on any atom is 0.132 e. The number of aromatic hydroxyl groups is 1. The molecule has 4 rings (SSSR count). The first-order valence-electron chi connectivity index (χ1n) is 10.3. The summed E-state index contributed by atoms with van der Waals surface area (Å²) < 4.78 is 0. The number of hydrogen-bond acceptors (Lipinski definition) is 7. The van der Waals surface area contributed by atoms with Crippen molar-refractivity contribution in [1.29, 1.82) is 0 Å². The zero-order valence-electron chi connectivity index (χ0n) is 17.3. The molecular weight excluding hydrogens is 378 g/mol. The lowest BCUT2D eigenvalue weighted by Crippen LogP contribution is -2.45. The van der Waals surface area contributed by atoms with E-state index < -0.39 is 0 Å². The van der Waals surface area contributed by atoms with Gasteiger partial charge in [-0.1, -0.05) is 12.6 Å². The minimum Gasteiger partial charge on any atom is -0.507 e. The third-order valence-corrected chi connectivity index (χ3v) is 5.47. The number of benzene rings is 1. The predicted octanol–water partition coefficient (Wildman–Crippen LogP) is 2.27. The van der Waals surface area contributed by atoms with Gasteiger partial charge in [0.15, 0.2) is 0 Å². The number of hydrogen-bond donors (Lipinski definition) is 2. The summed E-state index contributed by atoms with van der Waals surface area (Å²) in [5, 5.41) is 22.7. The Balaban J connectivity index is 1.56. The van der Waals surface area contributed by atoms with Crippen LogP contribution in [0.2, 0.25) is 0 Å². The number of anilines is 1. The van der Waals surface area contributed by atoms with Crippen LogP contribution in [0, 0.1) is 0 Å². The van der Waals surface area contributed by atoms with Gasteiger partial charge in [-0.2, -0.15) is 0 Å². The van der Waals surface area contributed by atoms with Crippen LogP contribution < -0.4 is 10.2 Å². The van der Waals surface area contributed by atoms with Gasteiger partial charge in [-0.05, 0) is 31.6 Å². The normalized spacial score (nSPS) is 17.6. The maximum atomic E-state index is 10.7. The number of amidine groups is 1. The largest absolute Gasteiger partial charge is 0.507 e. The molecule has 0 spiro atoms. The minimum atomic E-state index is 0.116. The molecule has 2 N–H and O–H groups in total. The first-order chi connectivity index (χ1) is 14.7. The average Bonchev–Trinajstić information content (AvgIpc) is 2.74. The number of aromatic nitrogens is 2. The van der Waals surface area contributed by atoms with Crippen molar-refractivity contribution >= 4 is 17.4 Å². The molecule has 8 nitrogen and oxygen atoms in total. The molecule has 2 aromatic rings. The quantitative estimate of drug-likeness (QED) is 0.451. The highest BCUT2D eigenvalue weighted by atomic mass is 16.3. The van der Waals surface area contributed by atoms with Gasteiger partial charge < -0.3 is 20.2 Å². The molecule has 0 radical (unpaired) electrons. The van der Waals surface area contributed by atoms with E-state index in [1.165, 1.54) is 6.42 Å². The molecule has 0 amide bonds. The molecule has 2 aliphatic rings. The Labute approximate surface area is 176 Å². The zero-order chi connectivity index (χ0) is 20.9. The third kappa shape index (κ3) is 4.33. The Hall–Kier alpha value is -3.26. The number of nitrogens with one attached hydrogen (secondary N) is 1. The van der Waals surface area contributed by atoms with Gasteiger partial charge in [-0.15, -0.1) is 10.2 Å². The van der Waals surface area contributed by atoms with E-state index in [1.54, 1.807) is 18.5 Å². The smallest absolute Gasteiger partial charge is 0.132 e. The molecule has 1 aromatic heterocycles. The molecular formula is C22H27N7O. The van der Waals surface area contributed by atoms with Crippen molar-refractivity contribution in [3.63, 3.8) is 0 Å². The fourth-order valence-corrected chi connectivity index (χ4v) is 3.51. The van der Waals surface area contributed by atoms with Gasteiger partial charge in [0, 0.05) is 56.5 Å². The number of rotatable bonds is 5. The lowest BCUT2D eigenvalue weighted by molar-refractivity contribution is 0.355. The van der Waals surface area contributed by atoms with E-state index in [4.69, 9.17) is 0 Å². The van der Waals surface area contributed by atoms with Crippen LogP contribution in [0.3, 0.4) is 0 Å². The molecule has 2 fully saturated rings. The molecule has 0 unspecified atom stereocenters. The van der Waals surface area contributed by atoms with E-state index in [1.807, 2.05) is 25.1 Å². The van der Waals surface area contributed by atoms with Gasteiger partial charge in [-0.25, -0.2) is 9.97 Å². The predicted molar refractivity (Wildman–Crippen MR) is 120 cm³/mol. The summed E-state index contributed by atoms with van der Waals surface area (Å²) in [5.41, 5.74) is 2.71. The molecule has 156 valence electrons. The van der Waals surface area contributed by atoms with Crippen LogP contribution >= 0.6 is 0 Å². The van der Waals surface area contributed by atoms with Crippen LogP contribution in [0.25, 0.3) is 11.3 Å². The summed E-state index contributed by atoms with van der Waals surface area (Å²) in [6.07, 6.45) is 4.36. The fraction of sp³-hybridized carbons (Fsp3) is 0.364. The number of phenols is 1. The van der Waals surface area contributed by atoms with Crippen molar-refractivity contribution in [1.82, 2.24) is 20.2 Å². The van der Waals surface area contributed by atoms with Crippen molar-refractivity contribution < 1.29 is 5.11 Å². The van der Waals surface area contributed by atoms with Gasteiger partial charge in [0.25, 0.3) is 0 Å². The van der Waals surface area contributed by atoms with E-state index in [2.05, 4.69) is 41.9 Å². The van der Waals surface area contributed by atoms with E-state index in [9.17, 15) is 5.11 Å². The Morgan fingerprint density at radius 1 is 1.13 bits per heavy atom. The monoisotopic (exact) mass is 405 g/mol. The molecule has 2 aliphatic heterocycles. The second-order valence-electron chi connectivity index (χ2n) is 7.41. The second-order valence-corrected chi connectivity index (χ2v) is 7.41. The molecule has 3 heterocycles. The fourth-order valence-electron chi connectivity index (χ4n) is 3.51. The second kappa shape index (κ2) is 9.04. The van der Waals surface area contributed by atoms with Gasteiger partial charge in [0.1, 0.15) is 23.7 Å². The SMILES string of the molecule is C=C/C(=N\N=C(/C)N1CCNCC1)c1ccc(-c2cc(N3CCC3)ncn2)cc1O. The molecule has 0 bridgehead atoms. The van der Waals surface area contributed by atoms with Crippen LogP contribution in [-0.2, 0) is 0 Å². The van der Waals surface area contributed by atoms with E-state index in [-0.39, 0.29) is 5.75 Å². The maximum absolute atomic E-state index is 10.7. The zero-order valence-corrected chi connectivity index (χ0v) is 17.3. The Kier molecular flexibility index (Phi) is 6.04. The summed E-state index contributed by atoms with van der Waals surface area (Å²) in [6, 6.07) is 7.40. The lowest BCUT2D eigenvalue weighted by Gasteiger charge is -2.31. The highest BCUT2D eigenvalue weighted by Crippen LogP contribution is 2.28. The topological polar surface area (TPSA) is 89.2 Å². The summed E-state index contributed by atoms with van der Waals surface area (Å²) in [5.74, 6) is 1.89. The lowest BCUT2D eigenvalue weighted by atomic mass is 10.0. The molecule has 0 aliphatic carbocycles. The Bertz CT molecular complexity index is 975. The van der Waals surface area contributed by atoms with Gasteiger partial charge in [-0.3, -0.25) is 0 Å². The number of phenolic OH excluding ortho intramolecular Hbond substituents is 1. The molecule has 30 heavy (non-hydrogen) atoms. The highest BCUT2D eigenvalue weighted by Gasteiger charge is 2.17. The number of piperazine rings is 1. The average molecular weight is 406 g/mol. The van der Waals surface area contributed by atoms with Gasteiger partial charge in [0.05, 0.1) is 11.4 Å². The van der Waals surface area contributed by atoms with Gasteiger partial charge >= 0.3 is 0 Å². The first-order valence-corrected chi connectivity index (χ1v) is 10.3. The van der Waals surface area contributed by atoms with Crippen LogP contribution in [0.4, 0.5) is 5.82 Å². The van der Waals surface area contributed by atoms with Gasteiger partial charge in [0.2, 0.25) is 0 Å². The molecule has 2 saturated heterocycles. The van der Waals surface area contributed by atoms with Crippen LogP contribution in [0.1, 0.15) is 18.9 Å². The number of nitrogens with zero attached hydrogens (tertiary/aromatic N) is 6. The highest BCUT2D eigenvalue weighted by molar-refractivity contribution is 6.10. The van der Waals surface area contributed by atoms with Crippen molar-refractivity contribution in [3.8, 4) is 17.0 Å². The Morgan fingerprint density at radius 2 is 1.93 bits per heavy atom. The summed E-state index contributed by atoms with van der Waals surface area (Å²) in [6.45, 7) is 11.5.